The lowest BCUT2D eigenvalue weighted by Crippen LogP contribution is -2.30. The summed E-state index contributed by atoms with van der Waals surface area (Å²) in [4.78, 5) is 24.6. The molecular formula is C25H39ClN4O3. The van der Waals surface area contributed by atoms with Gasteiger partial charge in [-0.2, -0.15) is 5.10 Å². The normalized spacial score (nSPS) is 15.2. The van der Waals surface area contributed by atoms with Gasteiger partial charge < -0.3 is 10.4 Å². The van der Waals surface area contributed by atoms with Crippen LogP contribution in [-0.2, 0) is 17.8 Å². The lowest BCUT2D eigenvalue weighted by Gasteiger charge is -2.22. The SMILES string of the molecule is CCCCCCC(Cc1ccc(-n2c(C)nn(CCC3CCNCC3)c2=O)cc1)C(=O)O.Cl. The summed E-state index contributed by atoms with van der Waals surface area (Å²) in [6.45, 7) is 6.77. The molecular weight excluding hydrogens is 440 g/mol. The van der Waals surface area contributed by atoms with E-state index >= 15 is 0 Å². The molecule has 1 atom stereocenters. The molecule has 7 nitrogen and oxygen atoms in total. The van der Waals surface area contributed by atoms with Crippen molar-refractivity contribution >= 4 is 18.4 Å². The molecule has 0 spiro atoms. The highest BCUT2D eigenvalue weighted by molar-refractivity contribution is 5.85. The zero-order valence-corrected chi connectivity index (χ0v) is 20.8. The van der Waals surface area contributed by atoms with Crippen molar-refractivity contribution in [2.45, 2.75) is 78.2 Å². The third-order valence-corrected chi connectivity index (χ3v) is 6.64. The number of hydrogen-bond donors (Lipinski definition) is 2. The number of piperidine rings is 1. The molecule has 2 aromatic rings. The summed E-state index contributed by atoms with van der Waals surface area (Å²) < 4.78 is 3.23. The number of carboxylic acids is 1. The number of hydrogen-bond acceptors (Lipinski definition) is 4. The van der Waals surface area contributed by atoms with Crippen molar-refractivity contribution in [2.75, 3.05) is 13.1 Å². The first kappa shape index (κ1) is 27.1. The van der Waals surface area contributed by atoms with E-state index in [0.29, 0.717) is 31.1 Å². The minimum absolute atomic E-state index is 0. The third kappa shape index (κ3) is 7.71. The number of nitrogens with zero attached hydrogens (tertiary/aromatic N) is 3. The Hall–Kier alpha value is -2.12. The number of halogens is 1. The van der Waals surface area contributed by atoms with Crippen molar-refractivity contribution in [2.24, 2.45) is 11.8 Å². The van der Waals surface area contributed by atoms with Crippen molar-refractivity contribution in [1.82, 2.24) is 19.7 Å². The molecule has 0 bridgehead atoms. The molecule has 0 amide bonds. The third-order valence-electron chi connectivity index (χ3n) is 6.64. The van der Waals surface area contributed by atoms with E-state index < -0.39 is 5.97 Å². The molecule has 1 unspecified atom stereocenters. The first-order valence-electron chi connectivity index (χ1n) is 12.2. The number of unbranched alkanes of at least 4 members (excludes halogenated alkanes) is 3. The zero-order chi connectivity index (χ0) is 22.9. The molecule has 1 fully saturated rings. The van der Waals surface area contributed by atoms with E-state index in [1.807, 2.05) is 31.2 Å². The van der Waals surface area contributed by atoms with Crippen LogP contribution in [0.5, 0.6) is 0 Å². The smallest absolute Gasteiger partial charge is 0.350 e. The van der Waals surface area contributed by atoms with Crippen molar-refractivity contribution < 1.29 is 9.90 Å². The van der Waals surface area contributed by atoms with E-state index in [9.17, 15) is 14.7 Å². The van der Waals surface area contributed by atoms with Crippen molar-refractivity contribution in [1.29, 1.82) is 0 Å². The Balaban J connectivity index is 0.00000385. The first-order valence-corrected chi connectivity index (χ1v) is 12.2. The number of nitrogens with one attached hydrogen (secondary N) is 1. The van der Waals surface area contributed by atoms with Gasteiger partial charge in [-0.05, 0) is 75.7 Å². The van der Waals surface area contributed by atoms with E-state index in [1.165, 1.54) is 0 Å². The van der Waals surface area contributed by atoms with E-state index in [-0.39, 0.29) is 24.0 Å². The van der Waals surface area contributed by atoms with Gasteiger partial charge in [0.2, 0.25) is 0 Å². The molecule has 2 N–H and O–H groups in total. The Bertz CT molecular complexity index is 917. The highest BCUT2D eigenvalue weighted by Crippen LogP contribution is 2.19. The zero-order valence-electron chi connectivity index (χ0n) is 20.0. The van der Waals surface area contributed by atoms with E-state index in [2.05, 4.69) is 17.3 Å². The van der Waals surface area contributed by atoms with Gasteiger partial charge in [0.25, 0.3) is 0 Å². The second kappa shape index (κ2) is 13.6. The van der Waals surface area contributed by atoms with E-state index in [0.717, 1.165) is 69.3 Å². The van der Waals surface area contributed by atoms with Crippen LogP contribution < -0.4 is 11.0 Å². The molecule has 1 aromatic carbocycles. The number of aryl methyl sites for hydroxylation is 2. The quantitative estimate of drug-likeness (QED) is 0.442. The number of carbonyl (C=O) groups is 1. The summed E-state index contributed by atoms with van der Waals surface area (Å²) in [6, 6.07) is 7.68. The molecule has 2 heterocycles. The van der Waals surface area contributed by atoms with Crippen molar-refractivity contribution in [3.63, 3.8) is 0 Å². The van der Waals surface area contributed by atoms with Crippen molar-refractivity contribution in [3.8, 4) is 5.69 Å². The fourth-order valence-electron chi connectivity index (χ4n) is 4.63. The number of rotatable bonds is 12. The lowest BCUT2D eigenvalue weighted by molar-refractivity contribution is -0.142. The van der Waals surface area contributed by atoms with Gasteiger partial charge in [0.15, 0.2) is 0 Å². The van der Waals surface area contributed by atoms with Crippen molar-refractivity contribution in [3.05, 3.63) is 46.1 Å². The summed E-state index contributed by atoms with van der Waals surface area (Å²) in [5.74, 6) is 0.233. The van der Waals surface area contributed by atoms with Gasteiger partial charge in [-0.25, -0.2) is 14.0 Å². The van der Waals surface area contributed by atoms with Crippen LogP contribution in [0.3, 0.4) is 0 Å². The average molecular weight is 479 g/mol. The van der Waals surface area contributed by atoms with Gasteiger partial charge >= 0.3 is 11.7 Å². The molecule has 1 aliphatic rings. The van der Waals surface area contributed by atoms with Gasteiger partial charge in [0, 0.05) is 6.54 Å². The fourth-order valence-corrected chi connectivity index (χ4v) is 4.63. The first-order chi connectivity index (χ1) is 15.5. The predicted octanol–water partition coefficient (Wildman–Crippen LogP) is 4.37. The molecule has 1 saturated heterocycles. The minimum atomic E-state index is -0.729. The van der Waals surface area contributed by atoms with Gasteiger partial charge in [-0.15, -0.1) is 12.4 Å². The maximum absolute atomic E-state index is 13.0. The maximum atomic E-state index is 13.0. The number of aliphatic carboxylic acids is 1. The number of benzene rings is 1. The molecule has 0 saturated carbocycles. The van der Waals surface area contributed by atoms with Crippen LogP contribution in [0.1, 0.15) is 69.7 Å². The monoisotopic (exact) mass is 478 g/mol. The Morgan fingerprint density at radius 1 is 1.18 bits per heavy atom. The summed E-state index contributed by atoms with van der Waals surface area (Å²) in [5, 5.41) is 17.4. The largest absolute Gasteiger partial charge is 0.481 e. The standard InChI is InChI=1S/C25H38N4O3.ClH/c1-3-4-5-6-7-22(24(30)31)18-21-8-10-23(11-9-21)29-19(2)27-28(25(29)32)17-14-20-12-15-26-16-13-20;/h8-11,20,22,26H,3-7,12-18H2,1-2H3,(H,30,31);1H. The second-order valence-electron chi connectivity index (χ2n) is 9.13. The summed E-state index contributed by atoms with van der Waals surface area (Å²) in [5.41, 5.74) is 1.66. The van der Waals surface area contributed by atoms with Gasteiger partial charge in [0.1, 0.15) is 5.82 Å². The number of carboxylic acid groups (broad SMARTS) is 1. The van der Waals surface area contributed by atoms with Gasteiger partial charge in [-0.3, -0.25) is 4.79 Å². The molecule has 0 radical (unpaired) electrons. The van der Waals surface area contributed by atoms with Crippen LogP contribution in [0, 0.1) is 18.8 Å². The van der Waals surface area contributed by atoms with Crippen LogP contribution in [-0.4, -0.2) is 38.5 Å². The number of aromatic nitrogens is 3. The van der Waals surface area contributed by atoms with Crippen LogP contribution in [0.25, 0.3) is 5.69 Å². The highest BCUT2D eigenvalue weighted by atomic mass is 35.5. The van der Waals surface area contributed by atoms with Crippen LogP contribution in [0.2, 0.25) is 0 Å². The summed E-state index contributed by atoms with van der Waals surface area (Å²) >= 11 is 0. The van der Waals surface area contributed by atoms with E-state index in [4.69, 9.17) is 0 Å². The molecule has 3 rings (SSSR count). The van der Waals surface area contributed by atoms with E-state index in [1.54, 1.807) is 9.25 Å². The van der Waals surface area contributed by atoms with Crippen LogP contribution in [0.15, 0.2) is 29.1 Å². The molecule has 1 aliphatic heterocycles. The Morgan fingerprint density at radius 2 is 1.88 bits per heavy atom. The Morgan fingerprint density at radius 3 is 2.52 bits per heavy atom. The minimum Gasteiger partial charge on any atom is -0.481 e. The second-order valence-corrected chi connectivity index (χ2v) is 9.13. The molecule has 0 aliphatic carbocycles. The maximum Gasteiger partial charge on any atom is 0.350 e. The van der Waals surface area contributed by atoms with Gasteiger partial charge in [0.05, 0.1) is 11.6 Å². The summed E-state index contributed by atoms with van der Waals surface area (Å²) in [7, 11) is 0. The molecule has 8 heteroatoms. The van der Waals surface area contributed by atoms with Crippen LogP contribution >= 0.6 is 12.4 Å². The van der Waals surface area contributed by atoms with Crippen LogP contribution in [0.4, 0.5) is 0 Å². The predicted molar refractivity (Wildman–Crippen MR) is 134 cm³/mol. The molecule has 33 heavy (non-hydrogen) atoms. The summed E-state index contributed by atoms with van der Waals surface area (Å²) in [6.07, 6.45) is 8.86. The fraction of sp³-hybridized carbons (Fsp3) is 0.640. The average Bonchev–Trinajstić information content (AvgIpc) is 3.08. The molecule has 1 aromatic heterocycles. The molecule has 184 valence electrons. The lowest BCUT2D eigenvalue weighted by atomic mass is 9.93. The van der Waals surface area contributed by atoms with Gasteiger partial charge in [-0.1, -0.05) is 44.7 Å². The Kier molecular flexibility index (Phi) is 11.1. The topological polar surface area (TPSA) is 89.2 Å². The Labute approximate surface area is 203 Å². The highest BCUT2D eigenvalue weighted by Gasteiger charge is 2.19.